The van der Waals surface area contributed by atoms with Crippen molar-refractivity contribution in [2.75, 3.05) is 18.4 Å². The summed E-state index contributed by atoms with van der Waals surface area (Å²) in [6, 6.07) is 4.89. The van der Waals surface area contributed by atoms with Crippen LogP contribution in [0.2, 0.25) is 10.0 Å². The molecule has 3 rings (SSSR count). The predicted molar refractivity (Wildman–Crippen MR) is 108 cm³/mol. The van der Waals surface area contributed by atoms with E-state index in [0.29, 0.717) is 0 Å². The molecule has 1 aliphatic heterocycles. The van der Waals surface area contributed by atoms with Crippen LogP contribution < -0.4 is 16.0 Å². The molecule has 4 N–H and O–H groups in total. The number of nitrogens with zero attached hydrogens (tertiary/aromatic N) is 1. The van der Waals surface area contributed by atoms with E-state index in [9.17, 15) is 9.59 Å². The third-order valence-corrected chi connectivity index (χ3v) is 4.61. The number of hydrogen-bond donors (Lipinski definition) is 4. The minimum absolute atomic E-state index is 0.0959. The molecule has 1 aromatic carbocycles. The molecule has 2 heterocycles. The van der Waals surface area contributed by atoms with E-state index in [1.807, 2.05) is 13.8 Å². The van der Waals surface area contributed by atoms with Gasteiger partial charge in [0.1, 0.15) is 5.69 Å². The number of piperidine rings is 1. The number of amides is 2. The van der Waals surface area contributed by atoms with Gasteiger partial charge in [-0.1, -0.05) is 43.1 Å². The molecule has 0 bridgehead atoms. The predicted octanol–water partition coefficient (Wildman–Crippen LogP) is 3.48. The Morgan fingerprint density at radius 2 is 1.74 bits per heavy atom. The summed E-state index contributed by atoms with van der Waals surface area (Å²) in [6.07, 6.45) is 3.09. The number of anilines is 1. The fourth-order valence-electron chi connectivity index (χ4n) is 2.68. The minimum Gasteiger partial charge on any atom is -0.348 e. The van der Waals surface area contributed by atoms with E-state index >= 15 is 0 Å². The quantitative estimate of drug-likeness (QED) is 0.618. The molecular formula is C18H23Cl2N5O2. The Hall–Kier alpha value is -2.09. The number of rotatable bonds is 4. The molecule has 0 spiro atoms. The van der Waals surface area contributed by atoms with E-state index in [1.54, 1.807) is 18.2 Å². The standard InChI is InChI=1S/C16H17Cl2N5O2.C2H6/c17-10-2-1-3-11(18)13(10)15(24)22-12-8-20-23-14(12)16(25)21-9-4-6-19-7-5-9;1-2/h1-3,8-9,19H,4-7H2,(H,20,23)(H,21,25)(H,22,24);1-2H3. The highest BCUT2D eigenvalue weighted by molar-refractivity contribution is 6.40. The molecule has 9 heteroatoms. The number of halogens is 2. The lowest BCUT2D eigenvalue weighted by molar-refractivity contribution is 0.0925. The van der Waals surface area contributed by atoms with E-state index in [2.05, 4.69) is 26.1 Å². The summed E-state index contributed by atoms with van der Waals surface area (Å²) in [4.78, 5) is 24.9. The summed E-state index contributed by atoms with van der Waals surface area (Å²) >= 11 is 12.1. The van der Waals surface area contributed by atoms with Crippen LogP contribution in [-0.4, -0.2) is 41.1 Å². The van der Waals surface area contributed by atoms with E-state index < -0.39 is 5.91 Å². The molecule has 0 saturated carbocycles. The number of nitrogens with one attached hydrogen (secondary N) is 4. The van der Waals surface area contributed by atoms with Crippen molar-refractivity contribution in [1.82, 2.24) is 20.8 Å². The molecule has 0 radical (unpaired) electrons. The van der Waals surface area contributed by atoms with Crippen LogP contribution >= 0.6 is 23.2 Å². The molecule has 1 saturated heterocycles. The molecular weight excluding hydrogens is 389 g/mol. The fraction of sp³-hybridized carbons (Fsp3) is 0.389. The van der Waals surface area contributed by atoms with E-state index in [4.69, 9.17) is 23.2 Å². The normalized spacial score (nSPS) is 14.1. The van der Waals surface area contributed by atoms with Crippen LogP contribution in [0.4, 0.5) is 5.69 Å². The number of benzene rings is 1. The molecule has 27 heavy (non-hydrogen) atoms. The van der Waals surface area contributed by atoms with Gasteiger partial charge in [-0.25, -0.2) is 0 Å². The first kappa shape index (κ1) is 21.2. The fourth-order valence-corrected chi connectivity index (χ4v) is 3.25. The van der Waals surface area contributed by atoms with Crippen LogP contribution in [0.5, 0.6) is 0 Å². The van der Waals surface area contributed by atoms with Crippen LogP contribution in [0.25, 0.3) is 0 Å². The first-order valence-corrected chi connectivity index (χ1v) is 9.62. The van der Waals surface area contributed by atoms with E-state index in [-0.39, 0.29) is 38.9 Å². The van der Waals surface area contributed by atoms with E-state index in [0.717, 1.165) is 25.9 Å². The Kier molecular flexibility index (Phi) is 8.09. The number of aromatic nitrogens is 2. The summed E-state index contributed by atoms with van der Waals surface area (Å²) in [5, 5.41) is 15.7. The molecule has 2 amide bonds. The largest absolute Gasteiger partial charge is 0.348 e. The molecule has 7 nitrogen and oxygen atoms in total. The average molecular weight is 412 g/mol. The van der Waals surface area contributed by atoms with Crippen molar-refractivity contribution >= 4 is 40.7 Å². The lowest BCUT2D eigenvalue weighted by atomic mass is 10.1. The summed E-state index contributed by atoms with van der Waals surface area (Å²) in [5.41, 5.74) is 0.610. The Bertz CT molecular complexity index is 768. The SMILES string of the molecule is CC.O=C(NC1CCNCC1)c1[nH]ncc1NC(=O)c1c(Cl)cccc1Cl. The van der Waals surface area contributed by atoms with Gasteiger partial charge in [-0.05, 0) is 38.1 Å². The molecule has 146 valence electrons. The Morgan fingerprint density at radius 3 is 2.37 bits per heavy atom. The summed E-state index contributed by atoms with van der Waals surface area (Å²) in [6.45, 7) is 5.73. The van der Waals surface area contributed by atoms with E-state index in [1.165, 1.54) is 6.20 Å². The first-order valence-electron chi connectivity index (χ1n) is 8.86. The first-order chi connectivity index (χ1) is 13.1. The van der Waals surface area contributed by atoms with Gasteiger partial charge in [0.2, 0.25) is 0 Å². The number of carbonyl (C=O) groups is 2. The van der Waals surface area contributed by atoms with Gasteiger partial charge in [-0.2, -0.15) is 5.10 Å². The average Bonchev–Trinajstić information content (AvgIpc) is 3.12. The third kappa shape index (κ3) is 5.45. The minimum atomic E-state index is -0.507. The smallest absolute Gasteiger partial charge is 0.271 e. The zero-order valence-corrected chi connectivity index (χ0v) is 16.7. The second-order valence-corrected chi connectivity index (χ2v) is 6.52. The zero-order valence-electron chi connectivity index (χ0n) is 15.2. The highest BCUT2D eigenvalue weighted by Gasteiger charge is 2.22. The summed E-state index contributed by atoms with van der Waals surface area (Å²) in [7, 11) is 0. The van der Waals surface area contributed by atoms with Crippen molar-refractivity contribution in [1.29, 1.82) is 0 Å². The van der Waals surface area contributed by atoms with Gasteiger partial charge in [0, 0.05) is 6.04 Å². The van der Waals surface area contributed by atoms with Gasteiger partial charge >= 0.3 is 0 Å². The van der Waals surface area contributed by atoms with Gasteiger partial charge in [0.25, 0.3) is 11.8 Å². The van der Waals surface area contributed by atoms with Crippen LogP contribution in [0.15, 0.2) is 24.4 Å². The topological polar surface area (TPSA) is 98.9 Å². The van der Waals surface area contributed by atoms with Gasteiger partial charge in [0.15, 0.2) is 0 Å². The van der Waals surface area contributed by atoms with Gasteiger partial charge in [-0.3, -0.25) is 14.7 Å². The summed E-state index contributed by atoms with van der Waals surface area (Å²) in [5.74, 6) is -0.821. The maximum Gasteiger partial charge on any atom is 0.271 e. The molecule has 1 aromatic heterocycles. The number of hydrogen-bond acceptors (Lipinski definition) is 4. The van der Waals surface area contributed by atoms with Crippen molar-refractivity contribution in [2.24, 2.45) is 0 Å². The molecule has 1 fully saturated rings. The van der Waals surface area contributed by atoms with Crippen molar-refractivity contribution in [3.05, 3.63) is 45.7 Å². The van der Waals surface area contributed by atoms with Crippen molar-refractivity contribution < 1.29 is 9.59 Å². The van der Waals surface area contributed by atoms with Crippen LogP contribution in [0.1, 0.15) is 47.5 Å². The zero-order chi connectivity index (χ0) is 19.8. The molecule has 0 aliphatic carbocycles. The van der Waals surface area contributed by atoms with Crippen molar-refractivity contribution in [3.8, 4) is 0 Å². The van der Waals surface area contributed by atoms with Crippen molar-refractivity contribution in [3.63, 3.8) is 0 Å². The van der Waals surface area contributed by atoms with Gasteiger partial charge < -0.3 is 16.0 Å². The Morgan fingerprint density at radius 1 is 1.11 bits per heavy atom. The van der Waals surface area contributed by atoms with Crippen LogP contribution in [-0.2, 0) is 0 Å². The number of H-pyrrole nitrogens is 1. The maximum atomic E-state index is 12.5. The Labute approximate surface area is 168 Å². The van der Waals surface area contributed by atoms with Gasteiger partial charge in [-0.15, -0.1) is 0 Å². The summed E-state index contributed by atoms with van der Waals surface area (Å²) < 4.78 is 0. The molecule has 1 aliphatic rings. The highest BCUT2D eigenvalue weighted by atomic mass is 35.5. The maximum absolute atomic E-state index is 12.5. The Balaban J connectivity index is 0.00000126. The monoisotopic (exact) mass is 411 g/mol. The molecule has 0 unspecified atom stereocenters. The second kappa shape index (κ2) is 10.3. The van der Waals surface area contributed by atoms with Crippen molar-refractivity contribution in [2.45, 2.75) is 32.7 Å². The third-order valence-electron chi connectivity index (χ3n) is 3.98. The number of aromatic amines is 1. The molecule has 2 aromatic rings. The highest BCUT2D eigenvalue weighted by Crippen LogP contribution is 2.25. The van der Waals surface area contributed by atoms with Gasteiger partial charge in [0.05, 0.1) is 27.5 Å². The van der Waals surface area contributed by atoms with Crippen LogP contribution in [0.3, 0.4) is 0 Å². The van der Waals surface area contributed by atoms with Crippen LogP contribution in [0, 0.1) is 0 Å². The lowest BCUT2D eigenvalue weighted by Crippen LogP contribution is -2.43. The number of carbonyl (C=O) groups excluding carboxylic acids is 2. The lowest BCUT2D eigenvalue weighted by Gasteiger charge is -2.23. The molecule has 0 atom stereocenters. The second-order valence-electron chi connectivity index (χ2n) is 5.71.